The lowest BCUT2D eigenvalue weighted by Crippen LogP contribution is -2.38. The molecule has 1 N–H and O–H groups in total. The number of carbonyl (C=O) groups is 1. The van der Waals surface area contributed by atoms with E-state index in [-0.39, 0.29) is 16.8 Å². The average Bonchev–Trinajstić information content (AvgIpc) is 2.60. The van der Waals surface area contributed by atoms with Crippen molar-refractivity contribution in [1.82, 2.24) is 5.32 Å². The van der Waals surface area contributed by atoms with Crippen LogP contribution >= 0.6 is 0 Å². The first kappa shape index (κ1) is 20.0. The molecule has 2 atom stereocenters. The van der Waals surface area contributed by atoms with E-state index >= 15 is 0 Å². The molecule has 0 radical (unpaired) electrons. The van der Waals surface area contributed by atoms with Crippen LogP contribution in [0.25, 0.3) is 0 Å². The minimum Gasteiger partial charge on any atom is -0.481 e. The second-order valence-corrected chi connectivity index (χ2v) is 8.35. The maximum absolute atomic E-state index is 12.5. The van der Waals surface area contributed by atoms with Gasteiger partial charge in [-0.2, -0.15) is 0 Å². The van der Waals surface area contributed by atoms with Crippen LogP contribution in [0.2, 0.25) is 0 Å². The third kappa shape index (κ3) is 5.08. The van der Waals surface area contributed by atoms with Crippen LogP contribution in [0.5, 0.6) is 5.75 Å². The van der Waals surface area contributed by atoms with Gasteiger partial charge >= 0.3 is 0 Å². The number of carbonyl (C=O) groups excluding carboxylic acids is 1. The quantitative estimate of drug-likeness (QED) is 0.805. The van der Waals surface area contributed by atoms with Crippen molar-refractivity contribution < 1.29 is 17.9 Å². The summed E-state index contributed by atoms with van der Waals surface area (Å²) in [4.78, 5) is 12.8. The largest absolute Gasteiger partial charge is 0.481 e. The fraction of sp³-hybridized carbons (Fsp3) is 0.350. The van der Waals surface area contributed by atoms with Crippen molar-refractivity contribution in [3.8, 4) is 5.75 Å². The molecule has 0 aliphatic heterocycles. The summed E-state index contributed by atoms with van der Waals surface area (Å²) in [5.74, 6) is 0.466. The van der Waals surface area contributed by atoms with Gasteiger partial charge in [-0.15, -0.1) is 0 Å². The predicted octanol–water partition coefficient (Wildman–Crippen LogP) is 3.43. The number of amides is 1. The van der Waals surface area contributed by atoms with E-state index < -0.39 is 15.9 Å². The van der Waals surface area contributed by atoms with Crippen LogP contribution in [0, 0.1) is 6.92 Å². The molecule has 6 heteroatoms. The molecule has 2 rings (SSSR count). The molecule has 1 amide bonds. The van der Waals surface area contributed by atoms with Gasteiger partial charge in [0, 0.05) is 6.26 Å². The Morgan fingerprint density at radius 3 is 2.27 bits per heavy atom. The van der Waals surface area contributed by atoms with E-state index in [1.165, 1.54) is 6.26 Å². The normalized spacial score (nSPS) is 13.7. The lowest BCUT2D eigenvalue weighted by atomic mass is 10.0. The minimum absolute atomic E-state index is 0.209. The van der Waals surface area contributed by atoms with Crippen LogP contribution in [0.3, 0.4) is 0 Å². The minimum atomic E-state index is -3.23. The summed E-state index contributed by atoms with van der Waals surface area (Å²) in [5, 5.41) is 2.97. The van der Waals surface area contributed by atoms with Crippen molar-refractivity contribution in [2.24, 2.45) is 0 Å². The van der Waals surface area contributed by atoms with Crippen molar-refractivity contribution in [3.63, 3.8) is 0 Å². The molecule has 0 unspecified atom stereocenters. The zero-order chi connectivity index (χ0) is 19.3. The van der Waals surface area contributed by atoms with E-state index in [4.69, 9.17) is 4.74 Å². The molecule has 26 heavy (non-hydrogen) atoms. The lowest BCUT2D eigenvalue weighted by molar-refractivity contribution is -0.128. The summed E-state index contributed by atoms with van der Waals surface area (Å²) >= 11 is 0. The summed E-state index contributed by atoms with van der Waals surface area (Å²) in [6, 6.07) is 13.9. The molecule has 0 heterocycles. The van der Waals surface area contributed by atoms with Gasteiger partial charge in [0.25, 0.3) is 5.91 Å². The Morgan fingerprint density at radius 2 is 1.73 bits per heavy atom. The number of rotatable bonds is 7. The smallest absolute Gasteiger partial charge is 0.261 e. The molecule has 0 aliphatic rings. The second kappa shape index (κ2) is 8.36. The van der Waals surface area contributed by atoms with Crippen molar-refractivity contribution in [1.29, 1.82) is 0 Å². The Bertz CT molecular complexity index is 860. The second-order valence-electron chi connectivity index (χ2n) is 6.34. The van der Waals surface area contributed by atoms with Crippen LogP contribution in [-0.4, -0.2) is 26.7 Å². The molecule has 0 saturated heterocycles. The zero-order valence-corrected chi connectivity index (χ0v) is 16.3. The Balaban J connectivity index is 2.06. The van der Waals surface area contributed by atoms with Gasteiger partial charge in [0.05, 0.1) is 10.9 Å². The Labute approximate surface area is 155 Å². The molecule has 0 aromatic heterocycles. The van der Waals surface area contributed by atoms with Gasteiger partial charge in [-0.1, -0.05) is 37.3 Å². The van der Waals surface area contributed by atoms with Gasteiger partial charge < -0.3 is 10.1 Å². The molecule has 0 spiro atoms. The lowest BCUT2D eigenvalue weighted by Gasteiger charge is -2.21. The topological polar surface area (TPSA) is 72.5 Å². The third-order valence-electron chi connectivity index (χ3n) is 4.20. The number of aryl methyl sites for hydroxylation is 1. The van der Waals surface area contributed by atoms with E-state index in [1.807, 2.05) is 38.1 Å². The van der Waals surface area contributed by atoms with Crippen molar-refractivity contribution >= 4 is 15.7 Å². The SMILES string of the molecule is CC[C@@H](NC(=O)[C@@H](C)Oc1ccccc1C)c1ccc(S(C)(=O)=O)cc1. The molecule has 0 fully saturated rings. The predicted molar refractivity (Wildman–Crippen MR) is 102 cm³/mol. The number of nitrogens with one attached hydrogen (secondary N) is 1. The first-order valence-corrected chi connectivity index (χ1v) is 10.4. The highest BCUT2D eigenvalue weighted by Crippen LogP contribution is 2.21. The molecular weight excluding hydrogens is 350 g/mol. The van der Waals surface area contributed by atoms with Crippen LogP contribution in [0.4, 0.5) is 0 Å². The highest BCUT2D eigenvalue weighted by atomic mass is 32.2. The summed E-state index contributed by atoms with van der Waals surface area (Å²) < 4.78 is 28.9. The van der Waals surface area contributed by atoms with Crippen molar-refractivity contribution in [2.45, 2.75) is 44.2 Å². The Hall–Kier alpha value is -2.34. The standard InChI is InChI=1S/C20H25NO4S/c1-5-18(16-10-12-17(13-11-16)26(4,23)24)21-20(22)15(3)25-19-9-7-6-8-14(19)2/h6-13,15,18H,5H2,1-4H3,(H,21,22)/t15-,18-/m1/s1. The fourth-order valence-electron chi connectivity index (χ4n) is 2.59. The first-order valence-electron chi connectivity index (χ1n) is 8.55. The van der Waals surface area contributed by atoms with E-state index in [0.717, 1.165) is 11.1 Å². The Kier molecular flexibility index (Phi) is 6.42. The molecule has 140 valence electrons. The van der Waals surface area contributed by atoms with Gasteiger partial charge in [-0.3, -0.25) is 4.79 Å². The zero-order valence-electron chi connectivity index (χ0n) is 15.5. The first-order chi connectivity index (χ1) is 12.2. The summed E-state index contributed by atoms with van der Waals surface area (Å²) in [5.41, 5.74) is 1.83. The maximum Gasteiger partial charge on any atom is 0.261 e. The summed E-state index contributed by atoms with van der Waals surface area (Å²) in [7, 11) is -3.23. The maximum atomic E-state index is 12.5. The van der Waals surface area contributed by atoms with E-state index in [1.54, 1.807) is 31.2 Å². The number of ether oxygens (including phenoxy) is 1. The molecule has 0 aliphatic carbocycles. The van der Waals surface area contributed by atoms with Gasteiger partial charge in [0.15, 0.2) is 15.9 Å². The molecule has 0 bridgehead atoms. The van der Waals surface area contributed by atoms with Crippen LogP contribution in [0.1, 0.15) is 37.4 Å². The molecular formula is C20H25NO4S. The highest BCUT2D eigenvalue weighted by Gasteiger charge is 2.20. The van der Waals surface area contributed by atoms with E-state index in [9.17, 15) is 13.2 Å². The fourth-order valence-corrected chi connectivity index (χ4v) is 3.22. The van der Waals surface area contributed by atoms with Crippen LogP contribution < -0.4 is 10.1 Å². The number of hydrogen-bond donors (Lipinski definition) is 1. The van der Waals surface area contributed by atoms with Gasteiger partial charge in [-0.25, -0.2) is 8.42 Å². The number of sulfone groups is 1. The molecule has 0 saturated carbocycles. The van der Waals surface area contributed by atoms with Gasteiger partial charge in [0.2, 0.25) is 0 Å². The monoisotopic (exact) mass is 375 g/mol. The number of para-hydroxylation sites is 1. The number of hydrogen-bond acceptors (Lipinski definition) is 4. The van der Waals surface area contributed by atoms with E-state index in [0.29, 0.717) is 12.2 Å². The van der Waals surface area contributed by atoms with Gasteiger partial charge in [0.1, 0.15) is 5.75 Å². The average molecular weight is 375 g/mol. The van der Waals surface area contributed by atoms with Crippen molar-refractivity contribution in [2.75, 3.05) is 6.26 Å². The van der Waals surface area contributed by atoms with Crippen LogP contribution in [0.15, 0.2) is 53.4 Å². The van der Waals surface area contributed by atoms with E-state index in [2.05, 4.69) is 5.32 Å². The highest BCUT2D eigenvalue weighted by molar-refractivity contribution is 7.90. The molecule has 2 aromatic carbocycles. The Morgan fingerprint density at radius 1 is 1.12 bits per heavy atom. The summed E-state index contributed by atoms with van der Waals surface area (Å²) in [6.45, 7) is 5.60. The van der Waals surface area contributed by atoms with Crippen molar-refractivity contribution in [3.05, 3.63) is 59.7 Å². The summed E-state index contributed by atoms with van der Waals surface area (Å²) in [6.07, 6.45) is 1.22. The van der Waals surface area contributed by atoms with Gasteiger partial charge in [-0.05, 0) is 49.6 Å². The third-order valence-corrected chi connectivity index (χ3v) is 5.33. The molecule has 2 aromatic rings. The number of benzene rings is 2. The molecule has 5 nitrogen and oxygen atoms in total. The van der Waals surface area contributed by atoms with Crippen LogP contribution in [-0.2, 0) is 14.6 Å².